The molecule has 0 aliphatic carbocycles. The van der Waals surface area contributed by atoms with Crippen molar-refractivity contribution in [3.05, 3.63) is 45.4 Å². The number of methoxy groups -OCH3 is 1. The molecule has 106 valence electrons. The molecular formula is C14H13Cl3N2O. The number of aromatic nitrogens is 2. The number of rotatable bonds is 5. The highest BCUT2D eigenvalue weighted by atomic mass is 35.5. The topological polar surface area (TPSA) is 35.0 Å². The van der Waals surface area contributed by atoms with Gasteiger partial charge in [0.15, 0.2) is 0 Å². The Morgan fingerprint density at radius 1 is 1.00 bits per heavy atom. The van der Waals surface area contributed by atoms with Crippen molar-refractivity contribution >= 4 is 34.8 Å². The molecule has 0 aliphatic heterocycles. The molecule has 0 saturated heterocycles. The second kappa shape index (κ2) is 7.23. The first-order chi connectivity index (χ1) is 9.61. The molecule has 6 heteroatoms. The Labute approximate surface area is 132 Å². The number of nitrogens with zero attached hydrogens (tertiary/aromatic N) is 2. The molecule has 0 amide bonds. The van der Waals surface area contributed by atoms with Crippen LogP contribution >= 0.6 is 34.8 Å². The van der Waals surface area contributed by atoms with Crippen molar-refractivity contribution in [2.24, 2.45) is 0 Å². The third kappa shape index (κ3) is 3.83. The maximum atomic E-state index is 6.22. The van der Waals surface area contributed by atoms with E-state index >= 15 is 0 Å². The summed E-state index contributed by atoms with van der Waals surface area (Å²) in [7, 11) is 1.66. The molecule has 0 saturated carbocycles. The van der Waals surface area contributed by atoms with Crippen LogP contribution in [0.2, 0.25) is 15.3 Å². The smallest absolute Gasteiger partial charge is 0.142 e. The summed E-state index contributed by atoms with van der Waals surface area (Å²) in [5, 5.41) is 1.34. The lowest BCUT2D eigenvalue weighted by Crippen LogP contribution is -2.01. The molecule has 3 nitrogen and oxygen atoms in total. The Morgan fingerprint density at radius 3 is 2.15 bits per heavy atom. The molecular weight excluding hydrogens is 319 g/mol. The zero-order valence-corrected chi connectivity index (χ0v) is 13.1. The van der Waals surface area contributed by atoms with Gasteiger partial charge in [0, 0.05) is 25.2 Å². The van der Waals surface area contributed by atoms with Crippen LogP contribution < -0.4 is 0 Å². The number of aryl methyl sites for hydroxylation is 1. The second-order valence-electron chi connectivity index (χ2n) is 4.20. The van der Waals surface area contributed by atoms with Gasteiger partial charge in [0.25, 0.3) is 0 Å². The summed E-state index contributed by atoms with van der Waals surface area (Å²) >= 11 is 18.3. The van der Waals surface area contributed by atoms with Crippen LogP contribution in [0.25, 0.3) is 11.1 Å². The fourth-order valence-electron chi connectivity index (χ4n) is 1.79. The van der Waals surface area contributed by atoms with Gasteiger partial charge in [-0.05, 0) is 24.1 Å². The Balaban J connectivity index is 2.29. The number of hydrogen-bond acceptors (Lipinski definition) is 3. The van der Waals surface area contributed by atoms with E-state index in [-0.39, 0.29) is 0 Å². The largest absolute Gasteiger partial charge is 0.385 e. The molecule has 0 bridgehead atoms. The molecule has 0 fully saturated rings. The van der Waals surface area contributed by atoms with E-state index in [2.05, 4.69) is 9.97 Å². The fraction of sp³-hybridized carbons (Fsp3) is 0.286. The van der Waals surface area contributed by atoms with Crippen molar-refractivity contribution in [1.29, 1.82) is 0 Å². The van der Waals surface area contributed by atoms with Crippen molar-refractivity contribution in [3.63, 3.8) is 0 Å². The first kappa shape index (κ1) is 15.5. The van der Waals surface area contributed by atoms with Crippen LogP contribution in [0.1, 0.15) is 12.2 Å². The molecule has 1 aromatic heterocycles. The van der Waals surface area contributed by atoms with Gasteiger partial charge in [-0.15, -0.1) is 0 Å². The molecule has 2 rings (SSSR count). The molecule has 20 heavy (non-hydrogen) atoms. The molecule has 0 N–H and O–H groups in total. The van der Waals surface area contributed by atoms with Crippen molar-refractivity contribution in [2.45, 2.75) is 12.8 Å². The maximum Gasteiger partial charge on any atom is 0.142 e. The van der Waals surface area contributed by atoms with Crippen molar-refractivity contribution in [2.75, 3.05) is 13.7 Å². The van der Waals surface area contributed by atoms with E-state index in [9.17, 15) is 0 Å². The number of halogens is 3. The van der Waals surface area contributed by atoms with Gasteiger partial charge in [-0.2, -0.15) is 0 Å². The Kier molecular flexibility index (Phi) is 5.61. The minimum absolute atomic E-state index is 0.347. The molecule has 0 atom stereocenters. The molecule has 0 unspecified atom stereocenters. The Morgan fingerprint density at radius 2 is 1.60 bits per heavy atom. The van der Waals surface area contributed by atoms with E-state index < -0.39 is 0 Å². The van der Waals surface area contributed by atoms with Crippen LogP contribution in [0.3, 0.4) is 0 Å². The van der Waals surface area contributed by atoms with Crippen LogP contribution in [0.4, 0.5) is 0 Å². The van der Waals surface area contributed by atoms with Crippen molar-refractivity contribution < 1.29 is 4.74 Å². The summed E-state index contributed by atoms with van der Waals surface area (Å²) in [5.41, 5.74) is 1.47. The van der Waals surface area contributed by atoms with E-state index in [1.807, 2.05) is 12.1 Å². The summed E-state index contributed by atoms with van der Waals surface area (Å²) in [6.07, 6.45) is 1.50. The van der Waals surface area contributed by atoms with Crippen LogP contribution in [0.5, 0.6) is 0 Å². The Bertz CT molecular complexity index is 564. The van der Waals surface area contributed by atoms with Crippen LogP contribution in [-0.2, 0) is 11.2 Å². The van der Waals surface area contributed by atoms with Gasteiger partial charge in [0.1, 0.15) is 16.1 Å². The molecule has 0 radical (unpaired) electrons. The van der Waals surface area contributed by atoms with Gasteiger partial charge in [-0.25, -0.2) is 9.97 Å². The lowest BCUT2D eigenvalue weighted by molar-refractivity contribution is 0.194. The van der Waals surface area contributed by atoms with Crippen LogP contribution in [0.15, 0.2) is 24.3 Å². The molecule has 1 heterocycles. The fourth-order valence-corrected chi connectivity index (χ4v) is 2.56. The van der Waals surface area contributed by atoms with Gasteiger partial charge in [-0.1, -0.05) is 46.9 Å². The van der Waals surface area contributed by atoms with E-state index in [1.54, 1.807) is 19.2 Å². The predicted molar refractivity (Wildman–Crippen MR) is 82.7 cm³/mol. The maximum absolute atomic E-state index is 6.22. The van der Waals surface area contributed by atoms with E-state index in [0.717, 1.165) is 12.0 Å². The third-order valence-corrected chi connectivity index (χ3v) is 3.55. The first-order valence-corrected chi connectivity index (χ1v) is 7.22. The number of benzene rings is 1. The number of hydrogen-bond donors (Lipinski definition) is 0. The van der Waals surface area contributed by atoms with Crippen LogP contribution in [0, 0.1) is 0 Å². The summed E-state index contributed by atoms with van der Waals surface area (Å²) in [4.78, 5) is 8.57. The summed E-state index contributed by atoms with van der Waals surface area (Å²) in [6.45, 7) is 0.650. The quantitative estimate of drug-likeness (QED) is 0.589. The Hall–Kier alpha value is -0.870. The summed E-state index contributed by atoms with van der Waals surface area (Å²) in [5.74, 6) is 0.620. The summed E-state index contributed by atoms with van der Waals surface area (Å²) < 4.78 is 4.99. The lowest BCUT2D eigenvalue weighted by atomic mass is 10.1. The minimum atomic E-state index is 0.347. The third-order valence-electron chi connectivity index (χ3n) is 2.75. The van der Waals surface area contributed by atoms with Gasteiger partial charge in [-0.3, -0.25) is 0 Å². The van der Waals surface area contributed by atoms with E-state index in [1.165, 1.54) is 0 Å². The monoisotopic (exact) mass is 330 g/mol. The minimum Gasteiger partial charge on any atom is -0.385 e. The van der Waals surface area contributed by atoms with Gasteiger partial charge in [0.05, 0.1) is 5.56 Å². The zero-order valence-electron chi connectivity index (χ0n) is 10.9. The average Bonchev–Trinajstić information content (AvgIpc) is 2.40. The summed E-state index contributed by atoms with van der Waals surface area (Å²) in [6, 6.07) is 7.22. The van der Waals surface area contributed by atoms with Crippen LogP contribution in [-0.4, -0.2) is 23.7 Å². The molecule has 2 aromatic rings. The normalized spacial score (nSPS) is 10.8. The second-order valence-corrected chi connectivity index (χ2v) is 5.35. The highest BCUT2D eigenvalue weighted by Crippen LogP contribution is 2.33. The molecule has 1 aromatic carbocycles. The van der Waals surface area contributed by atoms with Gasteiger partial charge in [0.2, 0.25) is 0 Å². The highest BCUT2D eigenvalue weighted by molar-refractivity contribution is 6.37. The average molecular weight is 332 g/mol. The zero-order chi connectivity index (χ0) is 14.5. The predicted octanol–water partition coefficient (Wildman–Crippen LogP) is 4.68. The lowest BCUT2D eigenvalue weighted by Gasteiger charge is -2.08. The SMILES string of the molecule is COCCCc1nc(Cl)c(-c2ccc(Cl)cc2)c(Cl)n1. The van der Waals surface area contributed by atoms with Crippen molar-refractivity contribution in [1.82, 2.24) is 9.97 Å². The number of ether oxygens (including phenoxy) is 1. The standard InChI is InChI=1S/C14H13Cl3N2O/c1-20-8-2-3-11-18-13(16)12(14(17)19-11)9-4-6-10(15)7-5-9/h4-7H,2-3,8H2,1H3. The van der Waals surface area contributed by atoms with E-state index in [0.29, 0.717) is 39.7 Å². The molecule has 0 aliphatic rings. The van der Waals surface area contributed by atoms with Crippen molar-refractivity contribution in [3.8, 4) is 11.1 Å². The van der Waals surface area contributed by atoms with E-state index in [4.69, 9.17) is 39.5 Å². The highest BCUT2D eigenvalue weighted by Gasteiger charge is 2.13. The molecule has 0 spiro atoms. The van der Waals surface area contributed by atoms with Gasteiger partial charge < -0.3 is 4.74 Å². The first-order valence-electron chi connectivity index (χ1n) is 6.08. The van der Waals surface area contributed by atoms with Gasteiger partial charge >= 0.3 is 0 Å².